The standard InChI is InChI=1S/C30H26N2O4S4/c33-39(34,28-17-9-3-10-18-28)31-24-30(38-26-15-7-2-8-16-26)22-21-27(37-25-13-5-1-6-14-25)23-32(30)40(35,36)29-19-11-4-12-20-29/h1-20,23-24H,21-22H2/b31-24+. The van der Waals surface area contributed by atoms with Crippen molar-refractivity contribution in [3.63, 3.8) is 0 Å². The van der Waals surface area contributed by atoms with Crippen LogP contribution in [0.3, 0.4) is 0 Å². The molecule has 0 saturated carbocycles. The molecule has 1 unspecified atom stereocenters. The summed E-state index contributed by atoms with van der Waals surface area (Å²) in [5.74, 6) is 0. The highest BCUT2D eigenvalue weighted by molar-refractivity contribution is 8.03. The van der Waals surface area contributed by atoms with Gasteiger partial charge in [0.1, 0.15) is 4.87 Å². The quantitative estimate of drug-likeness (QED) is 0.190. The molecule has 5 rings (SSSR count). The topological polar surface area (TPSA) is 83.9 Å². The summed E-state index contributed by atoms with van der Waals surface area (Å²) >= 11 is 2.76. The average molecular weight is 607 g/mol. The van der Waals surface area contributed by atoms with Crippen LogP contribution in [0.2, 0.25) is 0 Å². The lowest BCUT2D eigenvalue weighted by Gasteiger charge is -2.42. The first kappa shape index (κ1) is 28.2. The molecular formula is C30H26N2O4S4. The number of hydrogen-bond acceptors (Lipinski definition) is 6. The van der Waals surface area contributed by atoms with E-state index in [1.807, 2.05) is 60.7 Å². The maximum Gasteiger partial charge on any atom is 0.282 e. The molecule has 0 radical (unpaired) electrons. The van der Waals surface area contributed by atoms with Crippen molar-refractivity contribution in [2.75, 3.05) is 0 Å². The SMILES string of the molecule is O=S(=O)(/N=C/C1(Sc2ccccc2)CCC(Sc2ccccc2)=CN1S(=O)(=O)c1ccccc1)c1ccccc1. The summed E-state index contributed by atoms with van der Waals surface area (Å²) in [6, 6.07) is 35.1. The van der Waals surface area contributed by atoms with Crippen LogP contribution in [0.4, 0.5) is 0 Å². The Hall–Kier alpha value is -3.31. The van der Waals surface area contributed by atoms with Crippen molar-refractivity contribution in [2.24, 2.45) is 4.40 Å². The number of nitrogens with zero attached hydrogens (tertiary/aromatic N) is 2. The van der Waals surface area contributed by atoms with Crippen molar-refractivity contribution in [1.82, 2.24) is 4.31 Å². The van der Waals surface area contributed by atoms with E-state index < -0.39 is 24.9 Å². The third kappa shape index (κ3) is 6.36. The molecular weight excluding hydrogens is 581 g/mol. The van der Waals surface area contributed by atoms with E-state index in [0.717, 1.165) is 14.7 Å². The van der Waals surface area contributed by atoms with E-state index in [4.69, 9.17) is 0 Å². The fourth-order valence-corrected chi connectivity index (χ4v) is 9.28. The average Bonchev–Trinajstić information content (AvgIpc) is 2.99. The first-order valence-corrected chi connectivity index (χ1v) is 16.9. The number of hydrogen-bond donors (Lipinski definition) is 0. The van der Waals surface area contributed by atoms with E-state index in [2.05, 4.69) is 4.40 Å². The van der Waals surface area contributed by atoms with Gasteiger partial charge in [-0.25, -0.2) is 8.42 Å². The maximum atomic E-state index is 14.2. The highest BCUT2D eigenvalue weighted by Crippen LogP contribution is 2.48. The fourth-order valence-electron chi connectivity index (χ4n) is 4.15. The molecule has 4 aromatic carbocycles. The van der Waals surface area contributed by atoms with Gasteiger partial charge in [-0.1, -0.05) is 96.3 Å². The summed E-state index contributed by atoms with van der Waals surface area (Å²) in [5, 5.41) is 0. The van der Waals surface area contributed by atoms with Gasteiger partial charge >= 0.3 is 0 Å². The monoisotopic (exact) mass is 606 g/mol. The van der Waals surface area contributed by atoms with Crippen LogP contribution in [0.15, 0.2) is 156 Å². The molecule has 40 heavy (non-hydrogen) atoms. The van der Waals surface area contributed by atoms with E-state index in [9.17, 15) is 16.8 Å². The zero-order chi connectivity index (χ0) is 28.1. The summed E-state index contributed by atoms with van der Waals surface area (Å²) < 4.78 is 60.2. The van der Waals surface area contributed by atoms with Gasteiger partial charge in [0.15, 0.2) is 0 Å². The molecule has 0 amide bonds. The summed E-state index contributed by atoms with van der Waals surface area (Å²) in [6.45, 7) is 0. The van der Waals surface area contributed by atoms with Gasteiger partial charge in [-0.2, -0.15) is 12.8 Å². The molecule has 0 spiro atoms. The van der Waals surface area contributed by atoms with Crippen molar-refractivity contribution in [3.8, 4) is 0 Å². The first-order valence-electron chi connectivity index (χ1n) is 12.4. The van der Waals surface area contributed by atoms with Crippen molar-refractivity contribution in [3.05, 3.63) is 132 Å². The van der Waals surface area contributed by atoms with Gasteiger partial charge in [-0.15, -0.1) is 0 Å². The predicted octanol–water partition coefficient (Wildman–Crippen LogP) is 7.05. The third-order valence-corrected chi connectivity index (χ3v) is 11.8. The van der Waals surface area contributed by atoms with Crippen LogP contribution in [0.5, 0.6) is 0 Å². The molecule has 1 heterocycles. The van der Waals surface area contributed by atoms with Crippen LogP contribution in [-0.2, 0) is 20.0 Å². The Labute approximate surface area is 244 Å². The second-order valence-electron chi connectivity index (χ2n) is 8.91. The minimum Gasteiger partial charge on any atom is -0.251 e. The third-order valence-electron chi connectivity index (χ3n) is 6.13. The van der Waals surface area contributed by atoms with Gasteiger partial charge in [-0.05, 0) is 61.4 Å². The largest absolute Gasteiger partial charge is 0.282 e. The molecule has 0 saturated heterocycles. The highest BCUT2D eigenvalue weighted by Gasteiger charge is 2.45. The minimum absolute atomic E-state index is 0.0373. The molecule has 6 nitrogen and oxygen atoms in total. The molecule has 0 fully saturated rings. The summed E-state index contributed by atoms with van der Waals surface area (Å²) in [6.07, 6.45) is 3.74. The fraction of sp³-hybridized carbons (Fsp3) is 0.100. The number of benzene rings is 4. The van der Waals surface area contributed by atoms with Crippen LogP contribution < -0.4 is 0 Å². The molecule has 0 bridgehead atoms. The van der Waals surface area contributed by atoms with E-state index in [1.165, 1.54) is 58.3 Å². The van der Waals surface area contributed by atoms with Crippen molar-refractivity contribution < 1.29 is 16.8 Å². The first-order chi connectivity index (χ1) is 19.3. The van der Waals surface area contributed by atoms with Gasteiger partial charge < -0.3 is 0 Å². The van der Waals surface area contributed by atoms with Crippen molar-refractivity contribution in [2.45, 2.75) is 37.3 Å². The number of thioether (sulfide) groups is 2. The summed E-state index contributed by atoms with van der Waals surface area (Å²) in [4.78, 5) is 1.40. The molecule has 10 heteroatoms. The van der Waals surface area contributed by atoms with Gasteiger partial charge in [0, 0.05) is 20.9 Å². The van der Waals surface area contributed by atoms with Crippen molar-refractivity contribution in [1.29, 1.82) is 0 Å². The van der Waals surface area contributed by atoms with E-state index >= 15 is 0 Å². The summed E-state index contributed by atoms with van der Waals surface area (Å²) in [7, 11) is -8.19. The van der Waals surface area contributed by atoms with Gasteiger partial charge in [0.25, 0.3) is 20.0 Å². The second kappa shape index (κ2) is 12.1. The van der Waals surface area contributed by atoms with Crippen LogP contribution in [-0.4, -0.2) is 32.2 Å². The van der Waals surface area contributed by atoms with Crippen LogP contribution in [0.25, 0.3) is 0 Å². The second-order valence-corrected chi connectivity index (χ2v) is 14.9. The Morgan fingerprint density at radius 1 is 0.675 bits per heavy atom. The van der Waals surface area contributed by atoms with Crippen molar-refractivity contribution >= 4 is 49.8 Å². The van der Waals surface area contributed by atoms with E-state index in [-0.39, 0.29) is 9.79 Å². The molecule has 0 N–H and O–H groups in total. The lowest BCUT2D eigenvalue weighted by Crippen LogP contribution is -2.49. The van der Waals surface area contributed by atoms with Crippen LogP contribution in [0.1, 0.15) is 12.8 Å². The summed E-state index contributed by atoms with van der Waals surface area (Å²) in [5.41, 5.74) is 0. The van der Waals surface area contributed by atoms with Crippen LogP contribution in [0, 0.1) is 0 Å². The normalized spacial score (nSPS) is 18.0. The Balaban J connectivity index is 1.66. The molecule has 204 valence electrons. The lowest BCUT2D eigenvalue weighted by molar-refractivity contribution is 0.404. The zero-order valence-electron chi connectivity index (χ0n) is 21.3. The number of rotatable bonds is 9. The Morgan fingerprint density at radius 3 is 1.75 bits per heavy atom. The lowest BCUT2D eigenvalue weighted by atomic mass is 10.1. The smallest absolute Gasteiger partial charge is 0.251 e. The molecule has 0 aliphatic carbocycles. The zero-order valence-corrected chi connectivity index (χ0v) is 24.5. The van der Waals surface area contributed by atoms with Gasteiger partial charge in [-0.3, -0.25) is 4.31 Å². The Kier molecular flexibility index (Phi) is 8.51. The van der Waals surface area contributed by atoms with Crippen LogP contribution >= 0.6 is 23.5 Å². The van der Waals surface area contributed by atoms with Gasteiger partial charge in [0.2, 0.25) is 0 Å². The highest BCUT2D eigenvalue weighted by atomic mass is 32.2. The maximum absolute atomic E-state index is 14.2. The number of sulfonamides is 2. The molecule has 1 atom stereocenters. The van der Waals surface area contributed by atoms with E-state index in [1.54, 1.807) is 42.6 Å². The predicted molar refractivity (Wildman–Crippen MR) is 162 cm³/mol. The Morgan fingerprint density at radius 2 is 1.18 bits per heavy atom. The number of allylic oxidation sites excluding steroid dienone is 1. The molecule has 1 aliphatic rings. The Bertz CT molecular complexity index is 1710. The molecule has 1 aliphatic heterocycles. The molecule has 0 aromatic heterocycles. The minimum atomic E-state index is -4.11. The van der Waals surface area contributed by atoms with Gasteiger partial charge in [0.05, 0.1) is 16.0 Å². The van der Waals surface area contributed by atoms with E-state index in [0.29, 0.717) is 12.8 Å². The molecule has 4 aromatic rings.